The molecule has 8 nitrogen and oxygen atoms in total. The third kappa shape index (κ3) is 3.96. The van der Waals surface area contributed by atoms with E-state index in [2.05, 4.69) is 0 Å². The minimum Gasteiger partial charge on any atom is -0.483 e. The van der Waals surface area contributed by atoms with Crippen molar-refractivity contribution in [2.75, 3.05) is 13.7 Å². The van der Waals surface area contributed by atoms with Gasteiger partial charge in [-0.25, -0.2) is 4.79 Å². The van der Waals surface area contributed by atoms with Crippen LogP contribution in [0, 0.1) is 0 Å². The van der Waals surface area contributed by atoms with Crippen LogP contribution in [0.15, 0.2) is 58.5 Å². The van der Waals surface area contributed by atoms with Crippen molar-refractivity contribution < 1.29 is 19.4 Å². The number of rotatable bonds is 8. The lowest BCUT2D eigenvalue weighted by Crippen LogP contribution is -2.27. The Bertz CT molecular complexity index is 1100. The van der Waals surface area contributed by atoms with Gasteiger partial charge in [0.25, 0.3) is 5.56 Å². The SMILES string of the molecule is COCCCn1ccn2cc(C(=O)O)c(=O)c(OCc3ccccc3)c2c1=O. The van der Waals surface area contributed by atoms with Gasteiger partial charge in [-0.2, -0.15) is 0 Å². The number of nitrogens with zero attached hydrogens (tertiary/aromatic N) is 2. The van der Waals surface area contributed by atoms with Crippen molar-refractivity contribution in [1.82, 2.24) is 8.97 Å². The molecule has 0 aliphatic rings. The van der Waals surface area contributed by atoms with E-state index in [4.69, 9.17) is 9.47 Å². The normalized spacial score (nSPS) is 10.9. The third-order valence-corrected chi connectivity index (χ3v) is 4.27. The molecule has 2 aromatic heterocycles. The smallest absolute Gasteiger partial charge is 0.341 e. The second-order valence-electron chi connectivity index (χ2n) is 6.18. The fraction of sp³-hybridized carbons (Fsp3) is 0.250. The van der Waals surface area contributed by atoms with Gasteiger partial charge in [0.2, 0.25) is 5.43 Å². The number of hydrogen-bond acceptors (Lipinski definition) is 5. The van der Waals surface area contributed by atoms with E-state index in [9.17, 15) is 19.5 Å². The van der Waals surface area contributed by atoms with Crippen LogP contribution in [0.1, 0.15) is 22.3 Å². The summed E-state index contributed by atoms with van der Waals surface area (Å²) in [5.74, 6) is -1.65. The molecule has 0 amide bonds. The molecule has 0 saturated heterocycles. The molecule has 146 valence electrons. The van der Waals surface area contributed by atoms with Gasteiger partial charge in [0.05, 0.1) is 0 Å². The molecule has 1 N–H and O–H groups in total. The number of carbonyl (C=O) groups is 1. The molecule has 0 fully saturated rings. The molecule has 0 bridgehead atoms. The quantitative estimate of drug-likeness (QED) is 0.595. The second kappa shape index (κ2) is 8.53. The molecule has 3 aromatic rings. The molecule has 1 aromatic carbocycles. The van der Waals surface area contributed by atoms with Gasteiger partial charge in [0.1, 0.15) is 12.2 Å². The van der Waals surface area contributed by atoms with E-state index in [0.717, 1.165) is 11.8 Å². The van der Waals surface area contributed by atoms with Gasteiger partial charge in [0, 0.05) is 38.9 Å². The average molecular weight is 384 g/mol. The van der Waals surface area contributed by atoms with Crippen LogP contribution in [-0.2, 0) is 17.9 Å². The van der Waals surface area contributed by atoms with Crippen LogP contribution in [0.3, 0.4) is 0 Å². The van der Waals surface area contributed by atoms with Crippen molar-refractivity contribution >= 4 is 11.5 Å². The summed E-state index contributed by atoms with van der Waals surface area (Å²) in [6, 6.07) is 9.10. The number of carboxylic acid groups (broad SMARTS) is 1. The largest absolute Gasteiger partial charge is 0.483 e. The molecule has 0 radical (unpaired) electrons. The molecule has 0 aliphatic carbocycles. The molecule has 0 spiro atoms. The monoisotopic (exact) mass is 384 g/mol. The Morgan fingerprint density at radius 3 is 2.57 bits per heavy atom. The zero-order chi connectivity index (χ0) is 20.1. The number of hydrogen-bond donors (Lipinski definition) is 1. The number of aromatic nitrogens is 2. The number of benzene rings is 1. The predicted octanol–water partition coefficient (Wildman–Crippen LogP) is 1.77. The summed E-state index contributed by atoms with van der Waals surface area (Å²) in [4.78, 5) is 37.1. The van der Waals surface area contributed by atoms with Crippen molar-refractivity contribution in [2.24, 2.45) is 0 Å². The van der Waals surface area contributed by atoms with Crippen LogP contribution < -0.4 is 15.7 Å². The van der Waals surface area contributed by atoms with Crippen molar-refractivity contribution in [3.63, 3.8) is 0 Å². The highest BCUT2D eigenvalue weighted by atomic mass is 16.5. The van der Waals surface area contributed by atoms with Crippen LogP contribution in [0.25, 0.3) is 5.52 Å². The summed E-state index contributed by atoms with van der Waals surface area (Å²) in [6.07, 6.45) is 4.83. The fourth-order valence-electron chi connectivity index (χ4n) is 2.86. The molecular weight excluding hydrogens is 364 g/mol. The molecule has 3 rings (SSSR count). The van der Waals surface area contributed by atoms with Crippen molar-refractivity contribution in [3.05, 3.63) is 80.6 Å². The Hall–Kier alpha value is -3.39. The van der Waals surface area contributed by atoms with Gasteiger partial charge in [-0.3, -0.25) is 9.59 Å². The summed E-state index contributed by atoms with van der Waals surface area (Å²) in [5.41, 5.74) is -0.925. The standard InChI is InChI=1S/C20H20N2O6/c1-27-11-5-8-21-9-10-22-12-15(20(25)26)17(23)18(16(22)19(21)24)28-13-14-6-3-2-4-7-14/h2-4,6-7,9-10,12H,5,8,11,13H2,1H3,(H,25,26). The van der Waals surface area contributed by atoms with Gasteiger partial charge in [0.15, 0.2) is 11.3 Å². The van der Waals surface area contributed by atoms with E-state index in [-0.39, 0.29) is 17.9 Å². The third-order valence-electron chi connectivity index (χ3n) is 4.27. The number of carboxylic acids is 1. The lowest BCUT2D eigenvalue weighted by Gasteiger charge is -2.13. The zero-order valence-corrected chi connectivity index (χ0v) is 15.3. The number of pyridine rings is 1. The first-order valence-corrected chi connectivity index (χ1v) is 8.70. The van der Waals surface area contributed by atoms with Gasteiger partial charge < -0.3 is 23.5 Å². The molecule has 0 saturated carbocycles. The minimum atomic E-state index is -1.38. The Balaban J connectivity index is 2.11. The fourth-order valence-corrected chi connectivity index (χ4v) is 2.86. The zero-order valence-electron chi connectivity index (χ0n) is 15.3. The molecule has 8 heteroatoms. The number of ether oxygens (including phenoxy) is 2. The van der Waals surface area contributed by atoms with E-state index in [1.807, 2.05) is 30.3 Å². The van der Waals surface area contributed by atoms with Gasteiger partial charge in [-0.1, -0.05) is 30.3 Å². The van der Waals surface area contributed by atoms with Crippen LogP contribution in [0.2, 0.25) is 0 Å². The summed E-state index contributed by atoms with van der Waals surface area (Å²) in [7, 11) is 1.58. The summed E-state index contributed by atoms with van der Waals surface area (Å²) in [6.45, 7) is 0.919. The maximum atomic E-state index is 12.9. The van der Waals surface area contributed by atoms with Crippen molar-refractivity contribution in [3.8, 4) is 5.75 Å². The first kappa shape index (κ1) is 19.4. The number of aryl methyl sites for hydroxylation is 1. The Morgan fingerprint density at radius 1 is 1.14 bits per heavy atom. The molecule has 0 unspecified atom stereocenters. The summed E-state index contributed by atoms with van der Waals surface area (Å²) in [5, 5.41) is 9.34. The average Bonchev–Trinajstić information content (AvgIpc) is 2.69. The van der Waals surface area contributed by atoms with Gasteiger partial charge in [-0.15, -0.1) is 0 Å². The predicted molar refractivity (Wildman–Crippen MR) is 102 cm³/mol. The number of aromatic carboxylic acids is 1. The van der Waals surface area contributed by atoms with Crippen molar-refractivity contribution in [1.29, 1.82) is 0 Å². The van der Waals surface area contributed by atoms with E-state index < -0.39 is 22.5 Å². The minimum absolute atomic E-state index is 0.00541. The topological polar surface area (TPSA) is 99.2 Å². The van der Waals surface area contributed by atoms with E-state index in [0.29, 0.717) is 19.6 Å². The molecular formula is C20H20N2O6. The number of fused-ring (bicyclic) bond motifs is 1. The van der Waals surface area contributed by atoms with Crippen LogP contribution in [0.4, 0.5) is 0 Å². The second-order valence-corrected chi connectivity index (χ2v) is 6.18. The van der Waals surface area contributed by atoms with E-state index in [1.165, 1.54) is 15.2 Å². The number of methoxy groups -OCH3 is 1. The first-order chi connectivity index (χ1) is 13.5. The molecule has 0 aliphatic heterocycles. The van der Waals surface area contributed by atoms with Crippen LogP contribution >= 0.6 is 0 Å². The lowest BCUT2D eigenvalue weighted by molar-refractivity contribution is 0.0694. The Morgan fingerprint density at radius 2 is 1.89 bits per heavy atom. The highest BCUT2D eigenvalue weighted by Gasteiger charge is 2.20. The van der Waals surface area contributed by atoms with Gasteiger partial charge >= 0.3 is 5.97 Å². The Labute approximate surface area is 160 Å². The highest BCUT2D eigenvalue weighted by molar-refractivity contribution is 5.88. The molecule has 2 heterocycles. The maximum absolute atomic E-state index is 12.9. The molecule has 28 heavy (non-hydrogen) atoms. The Kier molecular flexibility index (Phi) is 5.90. The van der Waals surface area contributed by atoms with E-state index in [1.54, 1.807) is 13.3 Å². The maximum Gasteiger partial charge on any atom is 0.341 e. The van der Waals surface area contributed by atoms with E-state index >= 15 is 0 Å². The van der Waals surface area contributed by atoms with Gasteiger partial charge in [-0.05, 0) is 12.0 Å². The first-order valence-electron chi connectivity index (χ1n) is 8.70. The lowest BCUT2D eigenvalue weighted by atomic mass is 10.2. The van der Waals surface area contributed by atoms with Crippen LogP contribution in [-0.4, -0.2) is 33.8 Å². The van der Waals surface area contributed by atoms with Crippen molar-refractivity contribution in [2.45, 2.75) is 19.6 Å². The highest BCUT2D eigenvalue weighted by Crippen LogP contribution is 2.15. The summed E-state index contributed by atoms with van der Waals surface area (Å²) < 4.78 is 13.4. The van der Waals surface area contributed by atoms with Crippen LogP contribution in [0.5, 0.6) is 5.75 Å². The molecule has 0 atom stereocenters. The summed E-state index contributed by atoms with van der Waals surface area (Å²) >= 11 is 0.